The molecule has 0 N–H and O–H groups in total. The highest BCUT2D eigenvalue weighted by Crippen LogP contribution is 2.35. The third-order valence-electron chi connectivity index (χ3n) is 5.36. The average Bonchev–Trinajstić information content (AvgIpc) is 3.18. The van der Waals surface area contributed by atoms with Gasteiger partial charge in [-0.1, -0.05) is 0 Å². The van der Waals surface area contributed by atoms with E-state index in [0.29, 0.717) is 12.0 Å². The Morgan fingerprint density at radius 3 is 2.85 bits per heavy atom. The van der Waals surface area contributed by atoms with Gasteiger partial charge in [0.05, 0.1) is 18.1 Å². The number of hydrogen-bond donors (Lipinski definition) is 0. The van der Waals surface area contributed by atoms with Crippen LogP contribution in [0.15, 0.2) is 24.7 Å². The molecule has 1 fully saturated rings. The molecular formula is C18H26N8. The largest absolute Gasteiger partial charge is 0.358 e. The van der Waals surface area contributed by atoms with Crippen LogP contribution in [-0.2, 0) is 7.05 Å². The van der Waals surface area contributed by atoms with E-state index in [1.807, 2.05) is 31.6 Å². The van der Waals surface area contributed by atoms with Crippen molar-refractivity contribution >= 4 is 11.5 Å². The van der Waals surface area contributed by atoms with Crippen LogP contribution in [0.1, 0.15) is 30.4 Å². The zero-order valence-electron chi connectivity index (χ0n) is 15.9. The molecule has 26 heavy (non-hydrogen) atoms. The molecule has 2 atom stereocenters. The average molecular weight is 354 g/mol. The second-order valence-electron chi connectivity index (χ2n) is 7.34. The van der Waals surface area contributed by atoms with Crippen molar-refractivity contribution in [3.8, 4) is 0 Å². The lowest BCUT2D eigenvalue weighted by Gasteiger charge is -2.40. The molecule has 4 heterocycles. The van der Waals surface area contributed by atoms with Crippen molar-refractivity contribution in [2.45, 2.75) is 25.8 Å². The summed E-state index contributed by atoms with van der Waals surface area (Å²) in [5, 5.41) is 8.95. The maximum atomic E-state index is 4.62. The molecule has 0 radical (unpaired) electrons. The van der Waals surface area contributed by atoms with Crippen LogP contribution in [-0.4, -0.2) is 61.4 Å². The summed E-state index contributed by atoms with van der Waals surface area (Å²) in [5.74, 6) is 2.17. The van der Waals surface area contributed by atoms with E-state index in [2.05, 4.69) is 55.7 Å². The van der Waals surface area contributed by atoms with Crippen LogP contribution in [0.25, 0.3) is 5.65 Å². The van der Waals surface area contributed by atoms with Crippen molar-refractivity contribution in [1.82, 2.24) is 34.3 Å². The normalized spacial score (nSPS) is 21.4. The van der Waals surface area contributed by atoms with Gasteiger partial charge >= 0.3 is 0 Å². The van der Waals surface area contributed by atoms with Crippen molar-refractivity contribution in [2.24, 2.45) is 13.0 Å². The minimum absolute atomic E-state index is 0.371. The van der Waals surface area contributed by atoms with Gasteiger partial charge in [0, 0.05) is 26.8 Å². The molecule has 1 aliphatic rings. The van der Waals surface area contributed by atoms with E-state index < -0.39 is 0 Å². The number of rotatable bonds is 4. The van der Waals surface area contributed by atoms with Crippen molar-refractivity contribution in [2.75, 3.05) is 32.1 Å². The maximum absolute atomic E-state index is 4.62. The first-order valence-corrected chi connectivity index (χ1v) is 9.11. The molecule has 0 saturated carbocycles. The Hall–Kier alpha value is -2.48. The fourth-order valence-electron chi connectivity index (χ4n) is 4.10. The molecule has 1 aliphatic heterocycles. The van der Waals surface area contributed by atoms with Crippen molar-refractivity contribution in [3.63, 3.8) is 0 Å². The standard InChI is InChI=1S/C18H26N8/c1-13-20-16-7-8-17(22-26(16)21-13)24(3)11-14-6-5-9-23(2)18(14)15-10-19-12-25(15)4/h7-8,10,12,14,18H,5-6,9,11H2,1-4H3/t14-,18+/m0/s1. The summed E-state index contributed by atoms with van der Waals surface area (Å²) in [7, 11) is 6.40. The minimum atomic E-state index is 0.371. The number of nitrogens with zero attached hydrogens (tertiary/aromatic N) is 8. The molecule has 0 spiro atoms. The van der Waals surface area contributed by atoms with Gasteiger partial charge in [-0.2, -0.15) is 0 Å². The van der Waals surface area contributed by atoms with E-state index in [1.165, 1.54) is 18.5 Å². The maximum Gasteiger partial charge on any atom is 0.176 e. The quantitative estimate of drug-likeness (QED) is 0.710. The van der Waals surface area contributed by atoms with E-state index in [9.17, 15) is 0 Å². The molecule has 8 heteroatoms. The predicted molar refractivity (Wildman–Crippen MR) is 100 cm³/mol. The highest BCUT2D eigenvalue weighted by molar-refractivity contribution is 5.44. The Morgan fingerprint density at radius 1 is 1.23 bits per heavy atom. The lowest BCUT2D eigenvalue weighted by molar-refractivity contribution is 0.118. The first-order valence-electron chi connectivity index (χ1n) is 9.11. The summed E-state index contributed by atoms with van der Waals surface area (Å²) in [6, 6.07) is 4.37. The van der Waals surface area contributed by atoms with Crippen LogP contribution in [0.5, 0.6) is 0 Å². The van der Waals surface area contributed by atoms with Crippen LogP contribution in [0.2, 0.25) is 0 Å². The summed E-state index contributed by atoms with van der Waals surface area (Å²) in [6.07, 6.45) is 6.32. The topological polar surface area (TPSA) is 67.4 Å². The van der Waals surface area contributed by atoms with Crippen LogP contribution >= 0.6 is 0 Å². The molecule has 3 aromatic heterocycles. The Kier molecular flexibility index (Phi) is 4.36. The van der Waals surface area contributed by atoms with Gasteiger partial charge in [-0.05, 0) is 51.4 Å². The zero-order valence-corrected chi connectivity index (χ0v) is 15.9. The molecule has 0 bridgehead atoms. The first kappa shape index (κ1) is 17.0. The molecule has 0 aliphatic carbocycles. The third-order valence-corrected chi connectivity index (χ3v) is 5.36. The lowest BCUT2D eigenvalue weighted by Crippen LogP contribution is -2.42. The van der Waals surface area contributed by atoms with Gasteiger partial charge in [-0.25, -0.2) is 9.97 Å². The smallest absolute Gasteiger partial charge is 0.176 e. The van der Waals surface area contributed by atoms with E-state index in [1.54, 1.807) is 4.63 Å². The van der Waals surface area contributed by atoms with E-state index in [4.69, 9.17) is 0 Å². The van der Waals surface area contributed by atoms with Gasteiger partial charge < -0.3 is 9.47 Å². The monoisotopic (exact) mass is 354 g/mol. The molecule has 1 saturated heterocycles. The van der Waals surface area contributed by atoms with Gasteiger partial charge in [0.2, 0.25) is 0 Å². The van der Waals surface area contributed by atoms with Crippen LogP contribution in [0, 0.1) is 12.8 Å². The summed E-state index contributed by atoms with van der Waals surface area (Å²) < 4.78 is 3.76. The number of aryl methyl sites for hydroxylation is 2. The molecule has 4 rings (SSSR count). The Bertz CT molecular complexity index is 898. The van der Waals surface area contributed by atoms with E-state index in [-0.39, 0.29) is 0 Å². The van der Waals surface area contributed by atoms with Gasteiger partial charge in [0.25, 0.3) is 0 Å². The highest BCUT2D eigenvalue weighted by Gasteiger charge is 2.33. The van der Waals surface area contributed by atoms with Gasteiger partial charge in [0.1, 0.15) is 5.82 Å². The van der Waals surface area contributed by atoms with Crippen molar-refractivity contribution in [1.29, 1.82) is 0 Å². The molecule has 138 valence electrons. The minimum Gasteiger partial charge on any atom is -0.358 e. The first-order chi connectivity index (χ1) is 12.5. The van der Waals surface area contributed by atoms with E-state index >= 15 is 0 Å². The van der Waals surface area contributed by atoms with Crippen molar-refractivity contribution < 1.29 is 0 Å². The van der Waals surface area contributed by atoms with Gasteiger partial charge in [-0.15, -0.1) is 14.8 Å². The number of likely N-dealkylation sites (tertiary alicyclic amines) is 1. The molecule has 0 unspecified atom stereocenters. The summed E-state index contributed by atoms with van der Waals surface area (Å²) >= 11 is 0. The van der Waals surface area contributed by atoms with Crippen LogP contribution in [0.3, 0.4) is 0 Å². The second-order valence-corrected chi connectivity index (χ2v) is 7.34. The van der Waals surface area contributed by atoms with Gasteiger partial charge in [0.15, 0.2) is 11.5 Å². The number of anilines is 1. The van der Waals surface area contributed by atoms with Crippen LogP contribution in [0.4, 0.5) is 5.82 Å². The Morgan fingerprint density at radius 2 is 2.08 bits per heavy atom. The predicted octanol–water partition coefficient (Wildman–Crippen LogP) is 1.69. The third kappa shape index (κ3) is 3.05. The number of aromatic nitrogens is 6. The molecular weight excluding hydrogens is 328 g/mol. The Balaban J connectivity index is 1.57. The zero-order chi connectivity index (χ0) is 18.3. The number of fused-ring (bicyclic) bond motifs is 1. The fourth-order valence-corrected chi connectivity index (χ4v) is 4.10. The SMILES string of the molecule is Cc1nc2ccc(N(C)C[C@@H]3CCCN(C)[C@H]3c3cncn3C)nn2n1. The molecule has 8 nitrogen and oxygen atoms in total. The Labute approximate surface area is 153 Å². The summed E-state index contributed by atoms with van der Waals surface area (Å²) in [6.45, 7) is 3.94. The highest BCUT2D eigenvalue weighted by atomic mass is 15.5. The number of imidazole rings is 1. The fraction of sp³-hybridized carbons (Fsp3) is 0.556. The van der Waals surface area contributed by atoms with E-state index in [0.717, 1.165) is 30.4 Å². The van der Waals surface area contributed by atoms with Crippen LogP contribution < -0.4 is 4.90 Å². The molecule has 0 amide bonds. The summed E-state index contributed by atoms with van der Waals surface area (Å²) in [4.78, 5) is 13.4. The summed E-state index contributed by atoms with van der Waals surface area (Å²) in [5.41, 5.74) is 2.06. The lowest BCUT2D eigenvalue weighted by atomic mass is 9.87. The molecule has 0 aromatic carbocycles. The second kappa shape index (κ2) is 6.68. The van der Waals surface area contributed by atoms with Crippen molar-refractivity contribution in [3.05, 3.63) is 36.2 Å². The number of hydrogen-bond acceptors (Lipinski definition) is 6. The van der Waals surface area contributed by atoms with Gasteiger partial charge in [-0.3, -0.25) is 4.90 Å². The molecule has 3 aromatic rings. The number of piperidine rings is 1.